The quantitative estimate of drug-likeness (QED) is 0.839. The smallest absolute Gasteiger partial charge is 0.288 e. The topological polar surface area (TPSA) is 15.3 Å². The van der Waals surface area contributed by atoms with Crippen molar-refractivity contribution in [3.05, 3.63) is 24.3 Å². The molecule has 1 saturated heterocycles. The van der Waals surface area contributed by atoms with Gasteiger partial charge in [-0.1, -0.05) is 23.9 Å². The Labute approximate surface area is 104 Å². The Balaban J connectivity index is 2.23. The predicted octanol–water partition coefficient (Wildman–Crippen LogP) is 2.80. The van der Waals surface area contributed by atoms with E-state index in [1.54, 1.807) is 12.1 Å². The Morgan fingerprint density at radius 1 is 1.41 bits per heavy atom. The summed E-state index contributed by atoms with van der Waals surface area (Å²) in [6.07, 6.45) is 0. The molecule has 1 aromatic carbocycles. The van der Waals surface area contributed by atoms with Crippen LogP contribution < -0.4 is 10.2 Å². The van der Waals surface area contributed by atoms with Crippen LogP contribution in [0.1, 0.15) is 6.92 Å². The van der Waals surface area contributed by atoms with Gasteiger partial charge in [0.15, 0.2) is 0 Å². The lowest BCUT2D eigenvalue weighted by atomic mass is 10.2. The minimum Gasteiger partial charge on any atom is -0.365 e. The third-order valence-corrected chi connectivity index (χ3v) is 3.67. The zero-order valence-electron chi connectivity index (χ0n) is 9.70. The van der Waals surface area contributed by atoms with E-state index in [0.717, 1.165) is 25.3 Å². The first-order valence-corrected chi connectivity index (χ1v) is 6.57. The number of hydrogen-bond donors (Lipinski definition) is 1. The van der Waals surface area contributed by atoms with Crippen molar-refractivity contribution in [1.29, 1.82) is 0 Å². The predicted molar refractivity (Wildman–Crippen MR) is 68.0 cm³/mol. The number of hydrogen-bond acceptors (Lipinski definition) is 3. The van der Waals surface area contributed by atoms with Gasteiger partial charge in [-0.25, -0.2) is 0 Å². The van der Waals surface area contributed by atoms with E-state index in [4.69, 9.17) is 0 Å². The zero-order valence-corrected chi connectivity index (χ0v) is 10.5. The molecule has 1 fully saturated rings. The maximum absolute atomic E-state index is 12.5. The van der Waals surface area contributed by atoms with Gasteiger partial charge in [-0.2, -0.15) is 8.78 Å². The third kappa shape index (κ3) is 3.10. The summed E-state index contributed by atoms with van der Waals surface area (Å²) < 4.78 is 25.0. The molecule has 5 heteroatoms. The average Bonchev–Trinajstić information content (AvgIpc) is 2.30. The molecule has 1 N–H and O–H groups in total. The fourth-order valence-electron chi connectivity index (χ4n) is 2.09. The van der Waals surface area contributed by atoms with E-state index in [-0.39, 0.29) is 0 Å². The van der Waals surface area contributed by atoms with Gasteiger partial charge in [0.05, 0.1) is 5.69 Å². The number of nitrogens with zero attached hydrogens (tertiary/aromatic N) is 1. The Morgan fingerprint density at radius 2 is 2.18 bits per heavy atom. The van der Waals surface area contributed by atoms with E-state index < -0.39 is 5.76 Å². The molecule has 1 aromatic rings. The van der Waals surface area contributed by atoms with Crippen LogP contribution in [0.3, 0.4) is 0 Å². The van der Waals surface area contributed by atoms with Gasteiger partial charge in [-0.15, -0.1) is 0 Å². The van der Waals surface area contributed by atoms with Crippen molar-refractivity contribution in [1.82, 2.24) is 5.32 Å². The third-order valence-electron chi connectivity index (χ3n) is 2.89. The molecule has 94 valence electrons. The molecule has 1 aliphatic heterocycles. The first-order chi connectivity index (χ1) is 8.18. The molecule has 2 rings (SSSR count). The molecular weight excluding hydrogens is 242 g/mol. The molecule has 0 bridgehead atoms. The second kappa shape index (κ2) is 5.69. The highest BCUT2D eigenvalue weighted by Gasteiger charge is 2.21. The van der Waals surface area contributed by atoms with Gasteiger partial charge in [0.2, 0.25) is 0 Å². The molecule has 0 amide bonds. The molecule has 0 aromatic heterocycles. The standard InChI is InChI=1S/C12H16F2N2S/c1-9-8-15-6-7-16(9)10-4-2-3-5-11(10)17-12(13)14/h2-5,9,12,15H,6-8H2,1H3. The molecule has 0 spiro atoms. The molecule has 1 unspecified atom stereocenters. The summed E-state index contributed by atoms with van der Waals surface area (Å²) >= 11 is 0.625. The number of anilines is 1. The fourth-order valence-corrected chi connectivity index (χ4v) is 2.74. The highest BCUT2D eigenvalue weighted by Crippen LogP contribution is 2.34. The van der Waals surface area contributed by atoms with Crippen LogP contribution in [-0.2, 0) is 0 Å². The molecule has 0 saturated carbocycles. The molecular formula is C12H16F2N2S. The van der Waals surface area contributed by atoms with E-state index >= 15 is 0 Å². The number of benzene rings is 1. The van der Waals surface area contributed by atoms with Gasteiger partial charge in [-0.05, 0) is 19.1 Å². The number of halogens is 2. The Kier molecular flexibility index (Phi) is 4.23. The zero-order chi connectivity index (χ0) is 12.3. The Morgan fingerprint density at radius 3 is 2.88 bits per heavy atom. The summed E-state index contributed by atoms with van der Waals surface area (Å²) in [5.41, 5.74) is 0.923. The van der Waals surface area contributed by atoms with Gasteiger partial charge in [0.25, 0.3) is 5.76 Å². The number of piperazine rings is 1. The van der Waals surface area contributed by atoms with Crippen molar-refractivity contribution in [3.8, 4) is 0 Å². The second-order valence-electron chi connectivity index (χ2n) is 4.09. The van der Waals surface area contributed by atoms with Crippen LogP contribution in [0.4, 0.5) is 14.5 Å². The maximum Gasteiger partial charge on any atom is 0.288 e. The summed E-state index contributed by atoms with van der Waals surface area (Å²) in [6, 6.07) is 7.73. The normalized spacial score (nSPS) is 20.9. The van der Waals surface area contributed by atoms with E-state index in [2.05, 4.69) is 17.1 Å². The lowest BCUT2D eigenvalue weighted by Crippen LogP contribution is -2.50. The largest absolute Gasteiger partial charge is 0.365 e. The number of alkyl halides is 2. The fraction of sp³-hybridized carbons (Fsp3) is 0.500. The van der Waals surface area contributed by atoms with Crippen LogP contribution in [-0.4, -0.2) is 31.4 Å². The molecule has 1 heterocycles. The van der Waals surface area contributed by atoms with Gasteiger partial charge in [0.1, 0.15) is 0 Å². The van der Waals surface area contributed by atoms with E-state index in [9.17, 15) is 8.78 Å². The van der Waals surface area contributed by atoms with Gasteiger partial charge < -0.3 is 10.2 Å². The van der Waals surface area contributed by atoms with Crippen LogP contribution in [0.15, 0.2) is 29.2 Å². The second-order valence-corrected chi connectivity index (χ2v) is 5.12. The van der Waals surface area contributed by atoms with Crippen LogP contribution in [0.25, 0.3) is 0 Å². The van der Waals surface area contributed by atoms with Crippen molar-refractivity contribution < 1.29 is 8.78 Å². The lowest BCUT2D eigenvalue weighted by molar-refractivity contribution is 0.252. The summed E-state index contributed by atoms with van der Waals surface area (Å²) in [5, 5.41) is 3.30. The lowest BCUT2D eigenvalue weighted by Gasteiger charge is -2.36. The number of thioether (sulfide) groups is 1. The molecule has 1 atom stereocenters. The van der Waals surface area contributed by atoms with Crippen LogP contribution in [0.2, 0.25) is 0 Å². The van der Waals surface area contributed by atoms with E-state index in [0.29, 0.717) is 22.7 Å². The molecule has 17 heavy (non-hydrogen) atoms. The highest BCUT2D eigenvalue weighted by atomic mass is 32.2. The van der Waals surface area contributed by atoms with Crippen LogP contribution in [0.5, 0.6) is 0 Å². The Bertz CT molecular complexity index is 373. The number of para-hydroxylation sites is 1. The molecule has 1 aliphatic rings. The SMILES string of the molecule is CC1CNCCN1c1ccccc1SC(F)F. The summed E-state index contributed by atoms with van der Waals surface area (Å²) in [4.78, 5) is 2.86. The summed E-state index contributed by atoms with van der Waals surface area (Å²) in [5.74, 6) is -2.37. The van der Waals surface area contributed by atoms with Crippen molar-refractivity contribution in [2.75, 3.05) is 24.5 Å². The Hall–Kier alpha value is -0.810. The van der Waals surface area contributed by atoms with Crippen molar-refractivity contribution in [2.24, 2.45) is 0 Å². The molecule has 0 radical (unpaired) electrons. The summed E-state index contributed by atoms with van der Waals surface area (Å²) in [7, 11) is 0. The first-order valence-electron chi connectivity index (χ1n) is 5.69. The van der Waals surface area contributed by atoms with Gasteiger partial charge in [0, 0.05) is 30.6 Å². The van der Waals surface area contributed by atoms with Crippen molar-refractivity contribution in [2.45, 2.75) is 23.6 Å². The van der Waals surface area contributed by atoms with E-state index in [1.165, 1.54) is 0 Å². The van der Waals surface area contributed by atoms with E-state index in [1.807, 2.05) is 12.1 Å². The number of rotatable bonds is 3. The highest BCUT2D eigenvalue weighted by molar-refractivity contribution is 7.99. The summed E-state index contributed by atoms with van der Waals surface area (Å²) in [6.45, 7) is 4.77. The average molecular weight is 258 g/mol. The maximum atomic E-state index is 12.5. The van der Waals surface area contributed by atoms with Gasteiger partial charge in [-0.3, -0.25) is 0 Å². The minimum atomic E-state index is -2.37. The van der Waals surface area contributed by atoms with Crippen LogP contribution in [0, 0.1) is 0 Å². The number of nitrogens with one attached hydrogen (secondary N) is 1. The first kappa shape index (κ1) is 12.6. The molecule has 2 nitrogen and oxygen atoms in total. The van der Waals surface area contributed by atoms with Gasteiger partial charge >= 0.3 is 0 Å². The van der Waals surface area contributed by atoms with Crippen LogP contribution >= 0.6 is 11.8 Å². The minimum absolute atomic E-state index is 0.336. The van der Waals surface area contributed by atoms with Crippen molar-refractivity contribution >= 4 is 17.4 Å². The van der Waals surface area contributed by atoms with Crippen molar-refractivity contribution in [3.63, 3.8) is 0 Å². The monoisotopic (exact) mass is 258 g/mol. The molecule has 0 aliphatic carbocycles.